The summed E-state index contributed by atoms with van der Waals surface area (Å²) < 4.78 is 0. The second kappa shape index (κ2) is 8.81. The Bertz CT molecular complexity index is 545. The average Bonchev–Trinajstić information content (AvgIpc) is 2.55. The van der Waals surface area contributed by atoms with Gasteiger partial charge in [-0.2, -0.15) is 0 Å². The van der Waals surface area contributed by atoms with E-state index < -0.39 is 0 Å². The molecule has 2 rings (SSSR count). The van der Waals surface area contributed by atoms with Gasteiger partial charge in [0.05, 0.1) is 0 Å². The van der Waals surface area contributed by atoms with Crippen LogP contribution < -0.4 is 0 Å². The monoisotopic (exact) mass is 268 g/mol. The molecule has 0 aliphatic rings. The summed E-state index contributed by atoms with van der Waals surface area (Å²) in [5.74, 6) is 0. The quantitative estimate of drug-likeness (QED) is 0.781. The Balaban J connectivity index is 0.000000217. The van der Waals surface area contributed by atoms with Gasteiger partial charge >= 0.3 is 0 Å². The zero-order chi connectivity index (χ0) is 14.8. The molecule has 0 aromatic heterocycles. The minimum atomic E-state index is 0.729. The van der Waals surface area contributed by atoms with E-state index in [1.807, 2.05) is 36.4 Å². The lowest BCUT2D eigenvalue weighted by atomic mass is 10.0. The highest BCUT2D eigenvalue weighted by Gasteiger charge is 1.99. The van der Waals surface area contributed by atoms with Crippen molar-refractivity contribution < 1.29 is 9.59 Å². The Kier molecular flexibility index (Phi) is 6.97. The number of carbonyl (C=O) groups excluding carboxylic acids is 2. The third-order valence-electron chi connectivity index (χ3n) is 3.06. The van der Waals surface area contributed by atoms with Gasteiger partial charge in [0.1, 0.15) is 12.6 Å². The largest absolute Gasteiger partial charge is 0.298 e. The van der Waals surface area contributed by atoms with Crippen LogP contribution in [-0.2, 0) is 12.8 Å². The predicted molar refractivity (Wildman–Crippen MR) is 82.4 cm³/mol. The van der Waals surface area contributed by atoms with Crippen molar-refractivity contribution in [1.29, 1.82) is 0 Å². The summed E-state index contributed by atoms with van der Waals surface area (Å²) in [5, 5.41) is 0. The maximum absolute atomic E-state index is 10.5. The first-order valence-electron chi connectivity index (χ1n) is 6.82. The van der Waals surface area contributed by atoms with Crippen molar-refractivity contribution >= 4 is 12.6 Å². The van der Waals surface area contributed by atoms with Gasteiger partial charge in [-0.25, -0.2) is 0 Å². The van der Waals surface area contributed by atoms with Gasteiger partial charge in [0.2, 0.25) is 0 Å². The molecule has 20 heavy (non-hydrogen) atoms. The molecular formula is C18H20O2. The molecule has 0 radical (unpaired) electrons. The van der Waals surface area contributed by atoms with E-state index in [1.54, 1.807) is 12.1 Å². The number of aldehydes is 2. The van der Waals surface area contributed by atoms with Crippen LogP contribution in [0.2, 0.25) is 0 Å². The van der Waals surface area contributed by atoms with E-state index in [1.165, 1.54) is 11.1 Å². The normalized spacial score (nSPS) is 9.30. The van der Waals surface area contributed by atoms with Crippen LogP contribution in [0, 0.1) is 0 Å². The molecule has 0 amide bonds. The molecule has 0 saturated carbocycles. The Morgan fingerprint density at radius 2 is 1.35 bits per heavy atom. The molecule has 0 saturated heterocycles. The minimum absolute atomic E-state index is 0.729. The lowest BCUT2D eigenvalue weighted by molar-refractivity contribution is 0.111. The average molecular weight is 268 g/mol. The second-order valence-corrected chi connectivity index (χ2v) is 4.38. The molecule has 0 N–H and O–H groups in total. The molecule has 2 nitrogen and oxygen atoms in total. The van der Waals surface area contributed by atoms with Gasteiger partial charge in [0.15, 0.2) is 0 Å². The number of carbonyl (C=O) groups is 2. The van der Waals surface area contributed by atoms with Crippen LogP contribution in [0.15, 0.2) is 48.5 Å². The number of benzene rings is 2. The van der Waals surface area contributed by atoms with Crippen LogP contribution in [-0.4, -0.2) is 12.6 Å². The zero-order valence-electron chi connectivity index (χ0n) is 12.0. The van der Waals surface area contributed by atoms with Crippen molar-refractivity contribution in [2.75, 3.05) is 0 Å². The molecule has 0 aliphatic carbocycles. The third kappa shape index (κ3) is 4.81. The first-order chi connectivity index (χ1) is 9.74. The van der Waals surface area contributed by atoms with Crippen LogP contribution >= 0.6 is 0 Å². The van der Waals surface area contributed by atoms with E-state index in [9.17, 15) is 9.59 Å². The highest BCUT2D eigenvalue weighted by Crippen LogP contribution is 2.12. The molecule has 104 valence electrons. The Labute approximate surface area is 120 Å². The lowest BCUT2D eigenvalue weighted by Gasteiger charge is -2.04. The van der Waals surface area contributed by atoms with E-state index in [-0.39, 0.29) is 0 Å². The number of rotatable bonds is 4. The van der Waals surface area contributed by atoms with Gasteiger partial charge in [-0.1, -0.05) is 56.3 Å². The van der Waals surface area contributed by atoms with Gasteiger partial charge in [-0.3, -0.25) is 9.59 Å². The van der Waals surface area contributed by atoms with Gasteiger partial charge in [-0.05, 0) is 30.0 Å². The highest BCUT2D eigenvalue weighted by molar-refractivity contribution is 5.75. The van der Waals surface area contributed by atoms with E-state index in [0.717, 1.165) is 36.5 Å². The van der Waals surface area contributed by atoms with Crippen LogP contribution in [0.1, 0.15) is 45.7 Å². The Morgan fingerprint density at radius 1 is 0.750 bits per heavy atom. The first-order valence-corrected chi connectivity index (χ1v) is 6.82. The Morgan fingerprint density at radius 3 is 1.80 bits per heavy atom. The van der Waals surface area contributed by atoms with Crippen molar-refractivity contribution in [2.45, 2.75) is 26.7 Å². The maximum atomic E-state index is 10.5. The fraction of sp³-hybridized carbons (Fsp3) is 0.222. The standard InChI is InChI=1S/C11H14O.C7H6O/c1-3-10-6-5-9(8-12)7-11(10)4-2;8-6-7-4-2-1-3-5-7/h5-8H,3-4H2,1-2H3;1-6H. The number of hydrogen-bond acceptors (Lipinski definition) is 2. The predicted octanol–water partition coefficient (Wildman–Crippen LogP) is 4.12. The minimum Gasteiger partial charge on any atom is -0.298 e. The second-order valence-electron chi connectivity index (χ2n) is 4.38. The maximum Gasteiger partial charge on any atom is 0.150 e. The van der Waals surface area contributed by atoms with Crippen molar-refractivity contribution in [1.82, 2.24) is 0 Å². The van der Waals surface area contributed by atoms with E-state index in [4.69, 9.17) is 0 Å². The summed E-state index contributed by atoms with van der Waals surface area (Å²) in [4.78, 5) is 20.5. The van der Waals surface area contributed by atoms with Crippen LogP contribution in [0.25, 0.3) is 0 Å². The molecule has 2 heteroatoms. The summed E-state index contributed by atoms with van der Waals surface area (Å²) in [7, 11) is 0. The molecule has 0 fully saturated rings. The summed E-state index contributed by atoms with van der Waals surface area (Å²) in [6.45, 7) is 4.25. The van der Waals surface area contributed by atoms with E-state index >= 15 is 0 Å². The van der Waals surface area contributed by atoms with Crippen LogP contribution in [0.4, 0.5) is 0 Å². The molecule has 2 aromatic carbocycles. The van der Waals surface area contributed by atoms with Gasteiger partial charge in [0.25, 0.3) is 0 Å². The van der Waals surface area contributed by atoms with Crippen molar-refractivity contribution in [3.8, 4) is 0 Å². The van der Waals surface area contributed by atoms with E-state index in [2.05, 4.69) is 13.8 Å². The van der Waals surface area contributed by atoms with Crippen molar-refractivity contribution in [3.05, 3.63) is 70.8 Å². The molecule has 0 unspecified atom stereocenters. The molecule has 0 spiro atoms. The zero-order valence-corrected chi connectivity index (χ0v) is 12.0. The fourth-order valence-corrected chi connectivity index (χ4v) is 1.92. The number of aryl methyl sites for hydroxylation is 2. The smallest absolute Gasteiger partial charge is 0.150 e. The summed E-state index contributed by atoms with van der Waals surface area (Å²) in [6, 6.07) is 15.0. The Hall–Kier alpha value is -2.22. The fourth-order valence-electron chi connectivity index (χ4n) is 1.92. The van der Waals surface area contributed by atoms with Gasteiger partial charge in [0, 0.05) is 11.1 Å². The molecule has 0 bridgehead atoms. The number of hydrogen-bond donors (Lipinski definition) is 0. The summed E-state index contributed by atoms with van der Waals surface area (Å²) in [6.07, 6.45) is 3.78. The van der Waals surface area contributed by atoms with Crippen LogP contribution in [0.3, 0.4) is 0 Å². The highest BCUT2D eigenvalue weighted by atomic mass is 16.1. The van der Waals surface area contributed by atoms with Gasteiger partial charge in [-0.15, -0.1) is 0 Å². The molecule has 0 aliphatic heterocycles. The van der Waals surface area contributed by atoms with Crippen molar-refractivity contribution in [2.24, 2.45) is 0 Å². The SMILES string of the molecule is CCc1ccc(C=O)cc1CC.O=Cc1ccccc1. The molecular weight excluding hydrogens is 248 g/mol. The van der Waals surface area contributed by atoms with E-state index in [0.29, 0.717) is 0 Å². The third-order valence-corrected chi connectivity index (χ3v) is 3.06. The molecule has 0 atom stereocenters. The first kappa shape index (κ1) is 15.8. The summed E-state index contributed by atoms with van der Waals surface area (Å²) in [5.41, 5.74) is 4.15. The van der Waals surface area contributed by atoms with Gasteiger partial charge < -0.3 is 0 Å². The lowest BCUT2D eigenvalue weighted by Crippen LogP contribution is -1.92. The molecule has 0 heterocycles. The van der Waals surface area contributed by atoms with Crippen molar-refractivity contribution in [3.63, 3.8) is 0 Å². The summed E-state index contributed by atoms with van der Waals surface area (Å²) >= 11 is 0. The molecule has 2 aromatic rings. The topological polar surface area (TPSA) is 34.1 Å². The van der Waals surface area contributed by atoms with Crippen LogP contribution in [0.5, 0.6) is 0 Å².